The molecule has 2 N–H and O–H groups in total. The second kappa shape index (κ2) is 8.29. The van der Waals surface area contributed by atoms with Crippen molar-refractivity contribution in [1.82, 2.24) is 5.32 Å². The summed E-state index contributed by atoms with van der Waals surface area (Å²) in [6.07, 6.45) is 2.24. The summed E-state index contributed by atoms with van der Waals surface area (Å²) in [5, 5.41) is 13.0. The summed E-state index contributed by atoms with van der Waals surface area (Å²) in [7, 11) is 0. The van der Waals surface area contributed by atoms with E-state index in [0.717, 1.165) is 16.6 Å². The minimum absolute atomic E-state index is 0.287. The van der Waals surface area contributed by atoms with E-state index in [1.54, 1.807) is 0 Å². The zero-order chi connectivity index (χ0) is 13.4. The van der Waals surface area contributed by atoms with Gasteiger partial charge in [0.25, 0.3) is 0 Å². The zero-order valence-electron chi connectivity index (χ0n) is 10.6. The maximum absolute atomic E-state index is 9.76. The smallest absolute Gasteiger partial charge is 0.119 e. The Balaban J connectivity index is 2.22. The number of benzene rings is 1. The number of hydrogen-bond acceptors (Lipinski definition) is 3. The highest BCUT2D eigenvalue weighted by Gasteiger charge is 2.07. The van der Waals surface area contributed by atoms with Crippen molar-refractivity contribution in [3.8, 4) is 5.75 Å². The molecule has 2 atom stereocenters. The highest BCUT2D eigenvalue weighted by atomic mass is 79.9. The molecule has 0 aliphatic rings. The van der Waals surface area contributed by atoms with Gasteiger partial charge in [-0.15, -0.1) is 6.58 Å². The Morgan fingerprint density at radius 1 is 1.44 bits per heavy atom. The van der Waals surface area contributed by atoms with Crippen molar-refractivity contribution in [3.63, 3.8) is 0 Å². The maximum Gasteiger partial charge on any atom is 0.119 e. The summed E-state index contributed by atoms with van der Waals surface area (Å²) in [4.78, 5) is 0. The Labute approximate surface area is 117 Å². The Kier molecular flexibility index (Phi) is 7.01. The summed E-state index contributed by atoms with van der Waals surface area (Å²) in [5.74, 6) is 0.761. The number of aliphatic hydroxyl groups excluding tert-OH is 1. The lowest BCUT2D eigenvalue weighted by atomic mass is 10.2. The van der Waals surface area contributed by atoms with Crippen molar-refractivity contribution in [3.05, 3.63) is 41.4 Å². The van der Waals surface area contributed by atoms with Gasteiger partial charge in [0, 0.05) is 17.1 Å². The van der Waals surface area contributed by atoms with Crippen LogP contribution in [0.15, 0.2) is 41.4 Å². The predicted octanol–water partition coefficient (Wildman–Crippen LogP) is 2.74. The number of ether oxygens (including phenoxy) is 1. The molecule has 0 aliphatic carbocycles. The maximum atomic E-state index is 9.76. The topological polar surface area (TPSA) is 41.5 Å². The van der Waals surface area contributed by atoms with Gasteiger partial charge in [0.2, 0.25) is 0 Å². The molecule has 1 rings (SSSR count). The summed E-state index contributed by atoms with van der Waals surface area (Å²) in [5.41, 5.74) is 0. The van der Waals surface area contributed by atoms with Gasteiger partial charge in [-0.05, 0) is 37.6 Å². The number of nitrogens with one attached hydrogen (secondary N) is 1. The van der Waals surface area contributed by atoms with E-state index in [4.69, 9.17) is 4.74 Å². The SMILES string of the molecule is C=CCC(C)NCC(O)COc1ccc(Br)cc1. The second-order valence-electron chi connectivity index (χ2n) is 4.25. The van der Waals surface area contributed by atoms with E-state index in [1.165, 1.54) is 0 Å². The van der Waals surface area contributed by atoms with Crippen LogP contribution in [0.2, 0.25) is 0 Å². The lowest BCUT2D eigenvalue weighted by molar-refractivity contribution is 0.104. The number of hydrogen-bond donors (Lipinski definition) is 2. The van der Waals surface area contributed by atoms with Gasteiger partial charge in [0.05, 0.1) is 0 Å². The molecule has 0 radical (unpaired) electrons. The third-order valence-electron chi connectivity index (χ3n) is 2.48. The fourth-order valence-corrected chi connectivity index (χ4v) is 1.72. The minimum atomic E-state index is -0.513. The van der Waals surface area contributed by atoms with Gasteiger partial charge in [-0.25, -0.2) is 0 Å². The molecule has 0 fully saturated rings. The zero-order valence-corrected chi connectivity index (χ0v) is 12.2. The lowest BCUT2D eigenvalue weighted by Gasteiger charge is -2.16. The van der Waals surface area contributed by atoms with Crippen LogP contribution in [0.1, 0.15) is 13.3 Å². The van der Waals surface area contributed by atoms with E-state index >= 15 is 0 Å². The van der Waals surface area contributed by atoms with E-state index in [1.807, 2.05) is 30.3 Å². The van der Waals surface area contributed by atoms with Gasteiger partial charge in [-0.1, -0.05) is 22.0 Å². The van der Waals surface area contributed by atoms with Gasteiger partial charge < -0.3 is 15.2 Å². The lowest BCUT2D eigenvalue weighted by Crippen LogP contribution is -2.36. The van der Waals surface area contributed by atoms with E-state index in [9.17, 15) is 5.11 Å². The van der Waals surface area contributed by atoms with Crippen LogP contribution in [0.4, 0.5) is 0 Å². The van der Waals surface area contributed by atoms with Crippen LogP contribution in [0, 0.1) is 0 Å². The molecule has 0 heterocycles. The van der Waals surface area contributed by atoms with Crippen LogP contribution in [0.3, 0.4) is 0 Å². The average Bonchev–Trinajstić information content (AvgIpc) is 2.36. The first kappa shape index (κ1) is 15.2. The number of halogens is 1. The molecule has 0 amide bonds. The molecule has 4 heteroatoms. The van der Waals surface area contributed by atoms with Crippen LogP contribution in [0.5, 0.6) is 5.75 Å². The first-order valence-electron chi connectivity index (χ1n) is 6.02. The fourth-order valence-electron chi connectivity index (χ4n) is 1.45. The van der Waals surface area contributed by atoms with E-state index in [-0.39, 0.29) is 6.61 Å². The van der Waals surface area contributed by atoms with Gasteiger partial charge in [-0.2, -0.15) is 0 Å². The Bertz CT molecular complexity index is 353. The van der Waals surface area contributed by atoms with Gasteiger partial charge in [0.15, 0.2) is 0 Å². The summed E-state index contributed by atoms with van der Waals surface area (Å²) >= 11 is 3.36. The molecule has 0 aliphatic heterocycles. The van der Waals surface area contributed by atoms with Crippen LogP contribution >= 0.6 is 15.9 Å². The van der Waals surface area contributed by atoms with Crippen LogP contribution in [0.25, 0.3) is 0 Å². The summed E-state index contributed by atoms with van der Waals surface area (Å²) < 4.78 is 6.49. The van der Waals surface area contributed by atoms with E-state index in [0.29, 0.717) is 12.6 Å². The fraction of sp³-hybridized carbons (Fsp3) is 0.429. The molecule has 0 spiro atoms. The first-order valence-corrected chi connectivity index (χ1v) is 6.82. The van der Waals surface area contributed by atoms with Gasteiger partial charge in [-0.3, -0.25) is 0 Å². The first-order chi connectivity index (χ1) is 8.61. The quantitative estimate of drug-likeness (QED) is 0.725. The molecule has 0 aromatic heterocycles. The van der Waals surface area contributed by atoms with E-state index in [2.05, 4.69) is 34.7 Å². The highest BCUT2D eigenvalue weighted by Crippen LogP contribution is 2.16. The summed E-state index contributed by atoms with van der Waals surface area (Å²) in [6, 6.07) is 7.87. The van der Waals surface area contributed by atoms with Gasteiger partial charge in [0.1, 0.15) is 18.5 Å². The molecule has 2 unspecified atom stereocenters. The average molecular weight is 314 g/mol. The van der Waals surface area contributed by atoms with Crippen molar-refractivity contribution in [2.75, 3.05) is 13.2 Å². The predicted molar refractivity (Wildman–Crippen MR) is 77.9 cm³/mol. The molecule has 100 valence electrons. The largest absolute Gasteiger partial charge is 0.491 e. The van der Waals surface area contributed by atoms with Crippen LogP contribution < -0.4 is 10.1 Å². The van der Waals surface area contributed by atoms with Crippen LogP contribution in [-0.2, 0) is 0 Å². The molecule has 18 heavy (non-hydrogen) atoms. The Hall–Kier alpha value is -0.840. The van der Waals surface area contributed by atoms with Crippen molar-refractivity contribution in [1.29, 1.82) is 0 Å². The highest BCUT2D eigenvalue weighted by molar-refractivity contribution is 9.10. The molecule has 0 saturated carbocycles. The number of rotatable bonds is 8. The van der Waals surface area contributed by atoms with Crippen molar-refractivity contribution in [2.45, 2.75) is 25.5 Å². The van der Waals surface area contributed by atoms with Crippen molar-refractivity contribution < 1.29 is 9.84 Å². The minimum Gasteiger partial charge on any atom is -0.491 e. The van der Waals surface area contributed by atoms with E-state index < -0.39 is 6.10 Å². The molecule has 1 aromatic rings. The normalized spacial score (nSPS) is 13.9. The molecular formula is C14H20BrNO2. The molecular weight excluding hydrogens is 294 g/mol. The number of aliphatic hydroxyl groups is 1. The second-order valence-corrected chi connectivity index (χ2v) is 5.17. The Morgan fingerprint density at radius 3 is 2.72 bits per heavy atom. The van der Waals surface area contributed by atoms with Crippen molar-refractivity contribution >= 4 is 15.9 Å². The molecule has 0 bridgehead atoms. The Morgan fingerprint density at radius 2 is 2.11 bits per heavy atom. The monoisotopic (exact) mass is 313 g/mol. The van der Waals surface area contributed by atoms with Crippen molar-refractivity contribution in [2.24, 2.45) is 0 Å². The standard InChI is InChI=1S/C14H20BrNO2/c1-3-4-11(2)16-9-13(17)10-18-14-7-5-12(15)6-8-14/h3,5-8,11,13,16-17H,1,4,9-10H2,2H3. The molecule has 3 nitrogen and oxygen atoms in total. The summed E-state index contributed by atoms with van der Waals surface area (Å²) in [6.45, 7) is 6.55. The van der Waals surface area contributed by atoms with Gasteiger partial charge >= 0.3 is 0 Å². The third-order valence-corrected chi connectivity index (χ3v) is 3.01. The van der Waals surface area contributed by atoms with Crippen LogP contribution in [-0.4, -0.2) is 30.4 Å². The molecule has 0 saturated heterocycles. The third kappa shape index (κ3) is 6.19. The molecule has 1 aromatic carbocycles.